The Morgan fingerprint density at radius 3 is 2.95 bits per heavy atom. The molecule has 0 bridgehead atoms. The number of hydrogen-bond acceptors (Lipinski definition) is 6. The van der Waals surface area contributed by atoms with Crippen LogP contribution in [0.5, 0.6) is 0 Å². The standard InChI is InChI=1S/C15H17N3O3S/c1-15(2)4-10-12(11(19)5-15)22-14(17-10)18-13(20)8-3-9(6-16)21-7-8/h3,7H,4-6,16H2,1-2H3,(H,17,18,20). The Kier molecular flexibility index (Phi) is 3.62. The molecule has 6 nitrogen and oxygen atoms in total. The molecule has 2 aromatic rings. The van der Waals surface area contributed by atoms with E-state index in [1.807, 2.05) is 13.8 Å². The number of nitrogens with one attached hydrogen (secondary N) is 1. The molecular weight excluding hydrogens is 302 g/mol. The minimum absolute atomic E-state index is 0.0833. The van der Waals surface area contributed by atoms with Crippen LogP contribution in [0.3, 0.4) is 0 Å². The molecule has 0 spiro atoms. The molecule has 1 amide bonds. The molecule has 3 rings (SSSR count). The van der Waals surface area contributed by atoms with Crippen molar-refractivity contribution >= 4 is 28.2 Å². The maximum atomic E-state index is 12.1. The first kappa shape index (κ1) is 14.9. The fraction of sp³-hybridized carbons (Fsp3) is 0.400. The molecule has 0 fully saturated rings. The maximum absolute atomic E-state index is 12.1. The van der Waals surface area contributed by atoms with Gasteiger partial charge in [-0.15, -0.1) is 0 Å². The first-order chi connectivity index (χ1) is 10.4. The molecule has 0 radical (unpaired) electrons. The lowest BCUT2D eigenvalue weighted by Gasteiger charge is -2.26. The van der Waals surface area contributed by atoms with Crippen LogP contribution in [0.2, 0.25) is 0 Å². The number of aromatic nitrogens is 1. The zero-order valence-corrected chi connectivity index (χ0v) is 13.3. The van der Waals surface area contributed by atoms with Crippen molar-refractivity contribution in [1.29, 1.82) is 0 Å². The van der Waals surface area contributed by atoms with E-state index in [0.717, 1.165) is 12.1 Å². The average Bonchev–Trinajstić information content (AvgIpc) is 3.03. The minimum Gasteiger partial charge on any atom is -0.467 e. The van der Waals surface area contributed by atoms with Gasteiger partial charge in [0.15, 0.2) is 10.9 Å². The minimum atomic E-state index is -0.318. The summed E-state index contributed by atoms with van der Waals surface area (Å²) in [5.74, 6) is 0.319. The lowest BCUT2D eigenvalue weighted by Crippen LogP contribution is -2.26. The van der Waals surface area contributed by atoms with Crippen LogP contribution in [0, 0.1) is 5.41 Å². The smallest absolute Gasteiger partial charge is 0.260 e. The number of anilines is 1. The Hall–Kier alpha value is -1.99. The van der Waals surface area contributed by atoms with Crippen LogP contribution in [0.25, 0.3) is 0 Å². The van der Waals surface area contributed by atoms with Crippen molar-refractivity contribution in [3.05, 3.63) is 34.2 Å². The van der Waals surface area contributed by atoms with Gasteiger partial charge in [-0.25, -0.2) is 4.98 Å². The number of fused-ring (bicyclic) bond motifs is 1. The van der Waals surface area contributed by atoms with Gasteiger partial charge in [-0.05, 0) is 17.9 Å². The van der Waals surface area contributed by atoms with E-state index in [-0.39, 0.29) is 23.7 Å². The van der Waals surface area contributed by atoms with Crippen LogP contribution in [0.4, 0.5) is 5.13 Å². The summed E-state index contributed by atoms with van der Waals surface area (Å²) in [5.41, 5.74) is 6.53. The van der Waals surface area contributed by atoms with Gasteiger partial charge < -0.3 is 10.2 Å². The van der Waals surface area contributed by atoms with E-state index in [0.29, 0.717) is 27.8 Å². The molecule has 0 saturated heterocycles. The van der Waals surface area contributed by atoms with Gasteiger partial charge in [0.25, 0.3) is 5.91 Å². The summed E-state index contributed by atoms with van der Waals surface area (Å²) in [4.78, 5) is 29.3. The van der Waals surface area contributed by atoms with Crippen molar-refractivity contribution in [3.8, 4) is 0 Å². The molecule has 22 heavy (non-hydrogen) atoms. The molecule has 3 N–H and O–H groups in total. The summed E-state index contributed by atoms with van der Waals surface area (Å²) in [5, 5.41) is 3.16. The second-order valence-corrected chi connectivity index (χ2v) is 7.19. The van der Waals surface area contributed by atoms with Crippen LogP contribution in [-0.2, 0) is 13.0 Å². The predicted octanol–water partition coefficient (Wildman–Crippen LogP) is 2.60. The number of furan rings is 1. The van der Waals surface area contributed by atoms with Gasteiger partial charge in [0.05, 0.1) is 22.7 Å². The normalized spacial score (nSPS) is 16.4. The number of carbonyl (C=O) groups is 2. The first-order valence-corrected chi connectivity index (χ1v) is 7.81. The molecule has 1 aliphatic rings. The van der Waals surface area contributed by atoms with Gasteiger partial charge >= 0.3 is 0 Å². The Morgan fingerprint density at radius 1 is 1.50 bits per heavy atom. The number of rotatable bonds is 3. The van der Waals surface area contributed by atoms with Crippen molar-refractivity contribution in [3.63, 3.8) is 0 Å². The topological polar surface area (TPSA) is 98.2 Å². The number of nitrogens with zero attached hydrogens (tertiary/aromatic N) is 1. The van der Waals surface area contributed by atoms with Crippen molar-refractivity contribution < 1.29 is 14.0 Å². The number of ketones is 1. The highest BCUT2D eigenvalue weighted by molar-refractivity contribution is 7.17. The summed E-state index contributed by atoms with van der Waals surface area (Å²) in [6, 6.07) is 1.59. The van der Waals surface area contributed by atoms with Crippen molar-refractivity contribution in [2.45, 2.75) is 33.2 Å². The SMILES string of the molecule is CC1(C)CC(=O)c2sc(NC(=O)c3coc(CN)c3)nc2C1. The van der Waals surface area contributed by atoms with E-state index in [2.05, 4.69) is 10.3 Å². The van der Waals surface area contributed by atoms with Gasteiger partial charge in [0.2, 0.25) is 0 Å². The molecule has 2 aromatic heterocycles. The molecule has 7 heteroatoms. The third kappa shape index (κ3) is 2.82. The Bertz CT molecular complexity index is 745. The van der Waals surface area contributed by atoms with Gasteiger partial charge in [-0.3, -0.25) is 14.9 Å². The number of Topliss-reactive ketones (excluding diaryl/α,β-unsaturated/α-hetero) is 1. The fourth-order valence-electron chi connectivity index (χ4n) is 2.55. The van der Waals surface area contributed by atoms with E-state index >= 15 is 0 Å². The summed E-state index contributed by atoms with van der Waals surface area (Å²) >= 11 is 1.23. The van der Waals surface area contributed by atoms with E-state index < -0.39 is 0 Å². The van der Waals surface area contributed by atoms with Crippen LogP contribution in [0.15, 0.2) is 16.7 Å². The summed E-state index contributed by atoms with van der Waals surface area (Å²) in [7, 11) is 0. The van der Waals surface area contributed by atoms with E-state index in [1.165, 1.54) is 17.6 Å². The quantitative estimate of drug-likeness (QED) is 0.906. The zero-order valence-electron chi connectivity index (χ0n) is 12.4. The molecular formula is C15H17N3O3S. The highest BCUT2D eigenvalue weighted by atomic mass is 32.1. The van der Waals surface area contributed by atoms with E-state index in [1.54, 1.807) is 6.07 Å². The Balaban J connectivity index is 1.80. The highest BCUT2D eigenvalue weighted by Gasteiger charge is 2.34. The van der Waals surface area contributed by atoms with E-state index in [9.17, 15) is 9.59 Å². The van der Waals surface area contributed by atoms with Crippen molar-refractivity contribution in [2.75, 3.05) is 5.32 Å². The van der Waals surface area contributed by atoms with E-state index in [4.69, 9.17) is 10.2 Å². The summed E-state index contributed by atoms with van der Waals surface area (Å²) < 4.78 is 5.14. The van der Waals surface area contributed by atoms with Crippen molar-refractivity contribution in [2.24, 2.45) is 11.1 Å². The number of hydrogen-bond donors (Lipinski definition) is 2. The average molecular weight is 319 g/mol. The molecule has 0 atom stereocenters. The van der Waals surface area contributed by atoms with Crippen LogP contribution in [-0.4, -0.2) is 16.7 Å². The summed E-state index contributed by atoms with van der Waals surface area (Å²) in [6.07, 6.45) is 2.61. The zero-order chi connectivity index (χ0) is 15.9. The summed E-state index contributed by atoms with van der Waals surface area (Å²) in [6.45, 7) is 4.33. The Morgan fingerprint density at radius 2 is 2.27 bits per heavy atom. The second-order valence-electron chi connectivity index (χ2n) is 6.20. The second kappa shape index (κ2) is 5.33. The van der Waals surface area contributed by atoms with Crippen LogP contribution in [0.1, 0.15) is 51.8 Å². The fourth-order valence-corrected chi connectivity index (χ4v) is 3.46. The molecule has 0 aliphatic heterocycles. The number of nitrogens with two attached hydrogens (primary N) is 1. The van der Waals surface area contributed by atoms with Gasteiger partial charge in [-0.1, -0.05) is 25.2 Å². The largest absolute Gasteiger partial charge is 0.467 e. The van der Waals surface area contributed by atoms with Gasteiger partial charge in [0, 0.05) is 6.42 Å². The van der Waals surface area contributed by atoms with Gasteiger partial charge in [-0.2, -0.15) is 0 Å². The van der Waals surface area contributed by atoms with Gasteiger partial charge in [0.1, 0.15) is 12.0 Å². The molecule has 116 valence electrons. The predicted molar refractivity (Wildman–Crippen MR) is 83.1 cm³/mol. The lowest BCUT2D eigenvalue weighted by molar-refractivity contribution is 0.0915. The molecule has 0 saturated carbocycles. The first-order valence-electron chi connectivity index (χ1n) is 7.00. The third-order valence-corrected chi connectivity index (χ3v) is 4.63. The number of amides is 1. The van der Waals surface area contributed by atoms with Crippen LogP contribution < -0.4 is 11.1 Å². The highest BCUT2D eigenvalue weighted by Crippen LogP contribution is 2.38. The molecule has 1 aliphatic carbocycles. The lowest BCUT2D eigenvalue weighted by atomic mass is 9.78. The monoisotopic (exact) mass is 319 g/mol. The number of carbonyl (C=O) groups excluding carboxylic acids is 2. The number of thiazole rings is 1. The third-order valence-electron chi connectivity index (χ3n) is 3.57. The van der Waals surface area contributed by atoms with Crippen LogP contribution >= 0.6 is 11.3 Å². The van der Waals surface area contributed by atoms with Crippen molar-refractivity contribution in [1.82, 2.24) is 4.98 Å². The molecule has 0 aromatic carbocycles. The maximum Gasteiger partial charge on any atom is 0.260 e. The Labute approximate surface area is 131 Å². The molecule has 0 unspecified atom stereocenters. The molecule has 2 heterocycles.